The molecule has 0 radical (unpaired) electrons. The fourth-order valence-corrected chi connectivity index (χ4v) is 3.13. The summed E-state index contributed by atoms with van der Waals surface area (Å²) in [6.07, 6.45) is 3.96. The molecule has 2 saturated heterocycles. The Balaban J connectivity index is 1.36. The maximum absolute atomic E-state index is 10.8. The Morgan fingerprint density at radius 3 is 2.16 bits per heavy atom. The highest BCUT2D eigenvalue weighted by Crippen LogP contribution is 2.30. The van der Waals surface area contributed by atoms with Crippen LogP contribution < -0.4 is 0 Å². The minimum Gasteiger partial charge on any atom is -0.479 e. The fourth-order valence-electron chi connectivity index (χ4n) is 3.13. The summed E-state index contributed by atoms with van der Waals surface area (Å²) in [7, 11) is 0. The van der Waals surface area contributed by atoms with Crippen LogP contribution in [-0.4, -0.2) is 72.4 Å². The predicted octanol–water partition coefficient (Wildman–Crippen LogP) is 0.646. The van der Waals surface area contributed by atoms with E-state index in [1.54, 1.807) is 0 Å². The standard InChI is InChI=1S/C14H24N2O3/c17-14(18)13-4-3-12(19-13)10-16-7-5-15(6-8-16)9-11-1-2-11/h11-13H,1-10H2,(H,17,18). The van der Waals surface area contributed by atoms with E-state index in [0.29, 0.717) is 6.42 Å². The molecule has 108 valence electrons. The average molecular weight is 268 g/mol. The average Bonchev–Trinajstić information content (AvgIpc) is 3.08. The lowest BCUT2D eigenvalue weighted by molar-refractivity contribution is -0.149. The molecule has 3 rings (SSSR count). The van der Waals surface area contributed by atoms with Crippen LogP contribution in [0.4, 0.5) is 0 Å². The fraction of sp³-hybridized carbons (Fsp3) is 0.929. The molecule has 0 bridgehead atoms. The summed E-state index contributed by atoms with van der Waals surface area (Å²) in [5.74, 6) is 0.165. The van der Waals surface area contributed by atoms with Crippen LogP contribution in [0.25, 0.3) is 0 Å². The molecule has 3 fully saturated rings. The number of carboxylic acids is 1. The smallest absolute Gasteiger partial charge is 0.332 e. The molecule has 0 aromatic carbocycles. The van der Waals surface area contributed by atoms with Crippen LogP contribution in [0.15, 0.2) is 0 Å². The molecule has 2 aliphatic heterocycles. The molecule has 3 aliphatic rings. The first-order valence-electron chi connectivity index (χ1n) is 7.53. The highest BCUT2D eigenvalue weighted by atomic mass is 16.5. The lowest BCUT2D eigenvalue weighted by Crippen LogP contribution is -2.49. The first-order valence-corrected chi connectivity index (χ1v) is 7.53. The topological polar surface area (TPSA) is 53.0 Å². The molecule has 1 saturated carbocycles. The first-order chi connectivity index (χ1) is 9.20. The third kappa shape index (κ3) is 3.68. The zero-order valence-corrected chi connectivity index (χ0v) is 11.5. The van der Waals surface area contributed by atoms with Gasteiger partial charge in [-0.3, -0.25) is 4.90 Å². The van der Waals surface area contributed by atoms with E-state index >= 15 is 0 Å². The minimum atomic E-state index is -0.809. The predicted molar refractivity (Wildman–Crippen MR) is 71.1 cm³/mol. The van der Waals surface area contributed by atoms with Crippen molar-refractivity contribution < 1.29 is 14.6 Å². The number of carboxylic acid groups (broad SMARTS) is 1. The van der Waals surface area contributed by atoms with Gasteiger partial charge in [0.1, 0.15) is 0 Å². The van der Waals surface area contributed by atoms with Crippen LogP contribution in [0, 0.1) is 5.92 Å². The second-order valence-corrected chi connectivity index (χ2v) is 6.21. The van der Waals surface area contributed by atoms with E-state index in [-0.39, 0.29) is 6.10 Å². The number of rotatable bonds is 5. The minimum absolute atomic E-state index is 0.121. The van der Waals surface area contributed by atoms with Crippen LogP contribution in [-0.2, 0) is 9.53 Å². The van der Waals surface area contributed by atoms with Gasteiger partial charge in [0.05, 0.1) is 6.10 Å². The Bertz CT molecular complexity index is 325. The van der Waals surface area contributed by atoms with Gasteiger partial charge in [-0.2, -0.15) is 0 Å². The van der Waals surface area contributed by atoms with Crippen molar-refractivity contribution in [2.24, 2.45) is 5.92 Å². The Morgan fingerprint density at radius 2 is 1.63 bits per heavy atom. The molecule has 0 amide bonds. The third-order valence-electron chi connectivity index (χ3n) is 4.52. The van der Waals surface area contributed by atoms with Crippen molar-refractivity contribution in [1.82, 2.24) is 9.80 Å². The van der Waals surface area contributed by atoms with Gasteiger partial charge in [0.2, 0.25) is 0 Å². The second-order valence-electron chi connectivity index (χ2n) is 6.21. The van der Waals surface area contributed by atoms with Crippen molar-refractivity contribution in [3.63, 3.8) is 0 Å². The number of hydrogen-bond donors (Lipinski definition) is 1. The zero-order valence-electron chi connectivity index (χ0n) is 11.5. The van der Waals surface area contributed by atoms with Gasteiger partial charge in [-0.1, -0.05) is 0 Å². The molecule has 5 heteroatoms. The van der Waals surface area contributed by atoms with Gasteiger partial charge in [-0.15, -0.1) is 0 Å². The summed E-state index contributed by atoms with van der Waals surface area (Å²) in [4.78, 5) is 15.8. The van der Waals surface area contributed by atoms with E-state index in [1.165, 1.54) is 19.4 Å². The lowest BCUT2D eigenvalue weighted by atomic mass is 10.2. The summed E-state index contributed by atoms with van der Waals surface area (Å²) < 4.78 is 5.57. The number of aliphatic carboxylic acids is 1. The highest BCUT2D eigenvalue weighted by Gasteiger charge is 2.32. The molecule has 0 aromatic heterocycles. The highest BCUT2D eigenvalue weighted by molar-refractivity contribution is 5.72. The second kappa shape index (κ2) is 5.77. The van der Waals surface area contributed by atoms with Gasteiger partial charge >= 0.3 is 5.97 Å². The normalized spacial score (nSPS) is 33.7. The molecule has 0 aromatic rings. The Hall–Kier alpha value is -0.650. The van der Waals surface area contributed by atoms with Crippen molar-refractivity contribution in [2.45, 2.75) is 37.9 Å². The number of hydrogen-bond acceptors (Lipinski definition) is 4. The Kier molecular flexibility index (Phi) is 4.05. The van der Waals surface area contributed by atoms with E-state index in [1.807, 2.05) is 0 Å². The first kappa shape index (κ1) is 13.3. The molecule has 0 spiro atoms. The van der Waals surface area contributed by atoms with Crippen LogP contribution in [0.1, 0.15) is 25.7 Å². The number of carbonyl (C=O) groups is 1. The number of piperazine rings is 1. The van der Waals surface area contributed by atoms with Crippen molar-refractivity contribution in [2.75, 3.05) is 39.3 Å². The maximum Gasteiger partial charge on any atom is 0.332 e. The molecule has 1 N–H and O–H groups in total. The van der Waals surface area contributed by atoms with Crippen molar-refractivity contribution in [3.8, 4) is 0 Å². The SMILES string of the molecule is O=C(O)C1CCC(CN2CCN(CC3CC3)CC2)O1. The molecule has 2 atom stereocenters. The van der Waals surface area contributed by atoms with E-state index in [0.717, 1.165) is 45.1 Å². The van der Waals surface area contributed by atoms with E-state index < -0.39 is 12.1 Å². The quantitative estimate of drug-likeness (QED) is 0.793. The Morgan fingerprint density at radius 1 is 1.00 bits per heavy atom. The zero-order chi connectivity index (χ0) is 13.2. The van der Waals surface area contributed by atoms with Crippen molar-refractivity contribution in [1.29, 1.82) is 0 Å². The molecule has 19 heavy (non-hydrogen) atoms. The largest absolute Gasteiger partial charge is 0.479 e. The monoisotopic (exact) mass is 268 g/mol. The molecular weight excluding hydrogens is 244 g/mol. The van der Waals surface area contributed by atoms with Crippen molar-refractivity contribution in [3.05, 3.63) is 0 Å². The van der Waals surface area contributed by atoms with Crippen LogP contribution >= 0.6 is 0 Å². The van der Waals surface area contributed by atoms with Gasteiger partial charge in [-0.25, -0.2) is 4.79 Å². The molecule has 1 aliphatic carbocycles. The molecule has 2 unspecified atom stereocenters. The van der Waals surface area contributed by atoms with Gasteiger partial charge in [0.25, 0.3) is 0 Å². The molecule has 5 nitrogen and oxygen atoms in total. The van der Waals surface area contributed by atoms with Gasteiger partial charge in [-0.05, 0) is 31.6 Å². The lowest BCUT2D eigenvalue weighted by Gasteiger charge is -2.35. The van der Waals surface area contributed by atoms with Gasteiger partial charge < -0.3 is 14.7 Å². The van der Waals surface area contributed by atoms with E-state index in [9.17, 15) is 4.79 Å². The summed E-state index contributed by atoms with van der Waals surface area (Å²) in [6.45, 7) is 6.71. The van der Waals surface area contributed by atoms with E-state index in [2.05, 4.69) is 9.80 Å². The van der Waals surface area contributed by atoms with Gasteiger partial charge in [0.15, 0.2) is 6.10 Å². The number of ether oxygens (including phenoxy) is 1. The summed E-state index contributed by atoms with van der Waals surface area (Å²) in [6, 6.07) is 0. The van der Waals surface area contributed by atoms with Gasteiger partial charge in [0, 0.05) is 39.3 Å². The van der Waals surface area contributed by atoms with E-state index in [4.69, 9.17) is 9.84 Å². The summed E-state index contributed by atoms with van der Waals surface area (Å²) in [5, 5.41) is 8.92. The Labute approximate surface area is 114 Å². The third-order valence-corrected chi connectivity index (χ3v) is 4.52. The van der Waals surface area contributed by atoms with Crippen LogP contribution in [0.3, 0.4) is 0 Å². The number of nitrogens with zero attached hydrogens (tertiary/aromatic N) is 2. The van der Waals surface area contributed by atoms with Crippen LogP contribution in [0.2, 0.25) is 0 Å². The van der Waals surface area contributed by atoms with Crippen molar-refractivity contribution >= 4 is 5.97 Å². The molecule has 2 heterocycles. The summed E-state index contributed by atoms with van der Waals surface area (Å²) >= 11 is 0. The maximum atomic E-state index is 10.8. The summed E-state index contributed by atoms with van der Waals surface area (Å²) in [5.41, 5.74) is 0. The van der Waals surface area contributed by atoms with Crippen LogP contribution in [0.5, 0.6) is 0 Å². The molecular formula is C14H24N2O3.